The first-order chi connectivity index (χ1) is 8.11. The maximum absolute atomic E-state index is 11.3. The largest absolute Gasteiger partial charge is 0.480 e. The molecule has 0 aliphatic heterocycles. The van der Waals surface area contributed by atoms with E-state index in [-0.39, 0.29) is 0 Å². The third kappa shape index (κ3) is 8.14. The van der Waals surface area contributed by atoms with Gasteiger partial charge in [-0.2, -0.15) is 0 Å². The summed E-state index contributed by atoms with van der Waals surface area (Å²) in [5, 5.41) is 13.9. The molecule has 0 spiro atoms. The van der Waals surface area contributed by atoms with Crippen LogP contribution in [0.4, 0.5) is 4.79 Å². The van der Waals surface area contributed by atoms with Crippen LogP contribution in [0.2, 0.25) is 0 Å². The summed E-state index contributed by atoms with van der Waals surface area (Å²) in [7, 11) is 0. The molecular weight excluding hydrogens is 220 g/mol. The van der Waals surface area contributed by atoms with E-state index in [1.807, 2.05) is 6.92 Å². The number of carboxylic acid groups (broad SMARTS) is 1. The molecule has 1 atom stereocenters. The molecule has 0 aromatic rings. The van der Waals surface area contributed by atoms with Gasteiger partial charge in [-0.25, -0.2) is 9.59 Å². The monoisotopic (exact) mass is 240 g/mol. The van der Waals surface area contributed by atoms with E-state index >= 15 is 0 Å². The SMILES string of the molecule is C#CCCCNC(=O)NC(CCCC)C(=O)O. The van der Waals surface area contributed by atoms with Gasteiger partial charge in [0.05, 0.1) is 0 Å². The van der Waals surface area contributed by atoms with Crippen LogP contribution < -0.4 is 10.6 Å². The number of hydrogen-bond acceptors (Lipinski definition) is 2. The standard InChI is InChI=1S/C12H20N2O3/c1-3-5-7-9-13-12(17)14-10(11(15)16)8-6-4-2/h1,10H,4-9H2,2H3,(H,15,16)(H2,13,14,17). The molecule has 3 N–H and O–H groups in total. The van der Waals surface area contributed by atoms with E-state index in [2.05, 4.69) is 16.6 Å². The highest BCUT2D eigenvalue weighted by Crippen LogP contribution is 2.00. The number of carboxylic acids is 1. The molecule has 0 saturated heterocycles. The number of terminal acetylenes is 1. The molecular formula is C12H20N2O3. The van der Waals surface area contributed by atoms with Crippen molar-refractivity contribution < 1.29 is 14.7 Å². The Morgan fingerprint density at radius 3 is 2.65 bits per heavy atom. The lowest BCUT2D eigenvalue weighted by atomic mass is 10.1. The zero-order valence-electron chi connectivity index (χ0n) is 10.2. The van der Waals surface area contributed by atoms with Crippen LogP contribution >= 0.6 is 0 Å². The van der Waals surface area contributed by atoms with Crippen LogP contribution in [-0.2, 0) is 4.79 Å². The van der Waals surface area contributed by atoms with Crippen molar-refractivity contribution in [2.24, 2.45) is 0 Å². The number of amides is 2. The number of carbonyl (C=O) groups is 2. The van der Waals surface area contributed by atoms with Crippen molar-refractivity contribution in [2.75, 3.05) is 6.54 Å². The van der Waals surface area contributed by atoms with Gasteiger partial charge in [0.15, 0.2) is 0 Å². The van der Waals surface area contributed by atoms with E-state index in [0.29, 0.717) is 25.8 Å². The van der Waals surface area contributed by atoms with Crippen molar-refractivity contribution in [3.63, 3.8) is 0 Å². The van der Waals surface area contributed by atoms with Crippen LogP contribution in [-0.4, -0.2) is 29.7 Å². The molecule has 0 radical (unpaired) electrons. The van der Waals surface area contributed by atoms with E-state index in [9.17, 15) is 9.59 Å². The molecule has 2 amide bonds. The van der Waals surface area contributed by atoms with Gasteiger partial charge in [0.1, 0.15) is 6.04 Å². The number of aliphatic carboxylic acids is 1. The van der Waals surface area contributed by atoms with Crippen molar-refractivity contribution in [1.82, 2.24) is 10.6 Å². The van der Waals surface area contributed by atoms with Gasteiger partial charge in [-0.1, -0.05) is 19.8 Å². The molecule has 0 aromatic heterocycles. The minimum absolute atomic E-state index is 0.448. The fourth-order valence-corrected chi connectivity index (χ4v) is 1.27. The minimum atomic E-state index is -1.00. The first-order valence-corrected chi connectivity index (χ1v) is 5.82. The van der Waals surface area contributed by atoms with Gasteiger partial charge < -0.3 is 15.7 Å². The molecule has 17 heavy (non-hydrogen) atoms. The molecule has 0 aliphatic carbocycles. The van der Waals surface area contributed by atoms with Crippen molar-refractivity contribution in [3.05, 3.63) is 0 Å². The predicted octanol–water partition coefficient (Wildman–Crippen LogP) is 1.34. The van der Waals surface area contributed by atoms with Gasteiger partial charge in [0.2, 0.25) is 0 Å². The van der Waals surface area contributed by atoms with E-state index < -0.39 is 18.0 Å². The topological polar surface area (TPSA) is 78.4 Å². The predicted molar refractivity (Wildman–Crippen MR) is 65.6 cm³/mol. The summed E-state index contributed by atoms with van der Waals surface area (Å²) in [6, 6.07) is -1.27. The third-order valence-electron chi connectivity index (χ3n) is 2.23. The van der Waals surface area contributed by atoms with Gasteiger partial charge in [0, 0.05) is 13.0 Å². The number of hydrogen-bond donors (Lipinski definition) is 3. The minimum Gasteiger partial charge on any atom is -0.480 e. The number of nitrogens with one attached hydrogen (secondary N) is 2. The Labute approximate surface area is 102 Å². The normalized spacial score (nSPS) is 11.3. The van der Waals surface area contributed by atoms with Crippen molar-refractivity contribution in [3.8, 4) is 12.3 Å². The summed E-state index contributed by atoms with van der Waals surface area (Å²) in [5.74, 6) is 1.46. The van der Waals surface area contributed by atoms with Crippen molar-refractivity contribution in [2.45, 2.75) is 45.1 Å². The molecule has 0 saturated carbocycles. The van der Waals surface area contributed by atoms with Gasteiger partial charge >= 0.3 is 12.0 Å². The second-order valence-corrected chi connectivity index (χ2v) is 3.74. The molecule has 0 aliphatic rings. The van der Waals surface area contributed by atoms with E-state index in [4.69, 9.17) is 11.5 Å². The molecule has 0 rings (SSSR count). The first-order valence-electron chi connectivity index (χ1n) is 5.82. The van der Waals surface area contributed by atoms with Gasteiger partial charge in [-0.15, -0.1) is 12.3 Å². The highest BCUT2D eigenvalue weighted by Gasteiger charge is 2.18. The van der Waals surface area contributed by atoms with Crippen LogP contribution in [0.3, 0.4) is 0 Å². The zero-order valence-corrected chi connectivity index (χ0v) is 10.2. The van der Waals surface area contributed by atoms with Crippen LogP contribution in [0.5, 0.6) is 0 Å². The summed E-state index contributed by atoms with van der Waals surface area (Å²) in [5.41, 5.74) is 0. The average Bonchev–Trinajstić information content (AvgIpc) is 2.29. The van der Waals surface area contributed by atoms with Gasteiger partial charge in [0.25, 0.3) is 0 Å². The second kappa shape index (κ2) is 9.52. The summed E-state index contributed by atoms with van der Waals surface area (Å²) in [6.45, 7) is 2.43. The molecule has 5 nitrogen and oxygen atoms in total. The van der Waals surface area contributed by atoms with E-state index in [0.717, 1.165) is 12.8 Å². The smallest absolute Gasteiger partial charge is 0.326 e. The lowest BCUT2D eigenvalue weighted by molar-refractivity contribution is -0.139. The Morgan fingerprint density at radius 1 is 1.41 bits per heavy atom. The number of urea groups is 1. The number of rotatable bonds is 8. The van der Waals surface area contributed by atoms with Gasteiger partial charge in [-0.3, -0.25) is 0 Å². The molecule has 0 fully saturated rings. The van der Waals surface area contributed by atoms with Crippen molar-refractivity contribution in [1.29, 1.82) is 0 Å². The summed E-state index contributed by atoms with van der Waals surface area (Å²) >= 11 is 0. The molecule has 96 valence electrons. The molecule has 0 heterocycles. The van der Waals surface area contributed by atoms with Crippen LogP contribution in [0.15, 0.2) is 0 Å². The second-order valence-electron chi connectivity index (χ2n) is 3.74. The van der Waals surface area contributed by atoms with Crippen LogP contribution in [0.1, 0.15) is 39.0 Å². The average molecular weight is 240 g/mol. The highest BCUT2D eigenvalue weighted by atomic mass is 16.4. The molecule has 5 heteroatoms. The molecule has 1 unspecified atom stereocenters. The third-order valence-corrected chi connectivity index (χ3v) is 2.23. The Morgan fingerprint density at radius 2 is 2.12 bits per heavy atom. The number of carbonyl (C=O) groups excluding carboxylic acids is 1. The number of unbranched alkanes of at least 4 members (excludes halogenated alkanes) is 2. The maximum atomic E-state index is 11.3. The maximum Gasteiger partial charge on any atom is 0.326 e. The quantitative estimate of drug-likeness (QED) is 0.442. The molecule has 0 bridgehead atoms. The summed E-state index contributed by atoms with van der Waals surface area (Å²) < 4.78 is 0. The summed E-state index contributed by atoms with van der Waals surface area (Å²) in [6.07, 6.45) is 8.47. The fraction of sp³-hybridized carbons (Fsp3) is 0.667. The lowest BCUT2D eigenvalue weighted by Gasteiger charge is -2.14. The molecule has 0 aromatic carbocycles. The van der Waals surface area contributed by atoms with E-state index in [1.54, 1.807) is 0 Å². The van der Waals surface area contributed by atoms with E-state index in [1.165, 1.54) is 0 Å². The van der Waals surface area contributed by atoms with Crippen molar-refractivity contribution >= 4 is 12.0 Å². The van der Waals surface area contributed by atoms with Crippen LogP contribution in [0.25, 0.3) is 0 Å². The Kier molecular flexibility index (Phi) is 8.57. The Hall–Kier alpha value is -1.70. The Balaban J connectivity index is 3.88. The zero-order chi connectivity index (χ0) is 13.1. The van der Waals surface area contributed by atoms with Gasteiger partial charge in [-0.05, 0) is 12.8 Å². The summed E-state index contributed by atoms with van der Waals surface area (Å²) in [4.78, 5) is 22.2. The first kappa shape index (κ1) is 15.3. The highest BCUT2D eigenvalue weighted by molar-refractivity contribution is 5.82. The lowest BCUT2D eigenvalue weighted by Crippen LogP contribution is -2.46. The fourth-order valence-electron chi connectivity index (χ4n) is 1.27. The van der Waals surface area contributed by atoms with Crippen LogP contribution in [0, 0.1) is 12.3 Å². The Bertz CT molecular complexity index is 284.